The Morgan fingerprint density at radius 2 is 1.83 bits per heavy atom. The molecule has 1 aromatic heterocycles. The van der Waals surface area contributed by atoms with Gasteiger partial charge in [-0.25, -0.2) is 4.98 Å². The summed E-state index contributed by atoms with van der Waals surface area (Å²) in [6, 6.07) is 6.89. The summed E-state index contributed by atoms with van der Waals surface area (Å²) in [7, 11) is 0. The van der Waals surface area contributed by atoms with Crippen molar-refractivity contribution in [1.29, 1.82) is 0 Å². The summed E-state index contributed by atoms with van der Waals surface area (Å²) in [6.45, 7) is 0. The lowest BCUT2D eigenvalue weighted by Gasteiger charge is -2.08. The molecule has 2 aromatic rings. The Kier molecular flexibility index (Phi) is 4.27. The summed E-state index contributed by atoms with van der Waals surface area (Å²) in [5, 5.41) is 0.806. The molecule has 6 heteroatoms. The first kappa shape index (κ1) is 13.4. The maximum atomic E-state index is 12.2. The van der Waals surface area contributed by atoms with Gasteiger partial charge >= 0.3 is 0 Å². The normalized spacial score (nSPS) is 10.6. The SMILES string of the molecule is O=c1c(CCCl)c(Cl)ncn1-c1ccc(Cl)cc1. The number of rotatable bonds is 3. The van der Waals surface area contributed by atoms with Crippen molar-refractivity contribution in [3.63, 3.8) is 0 Å². The van der Waals surface area contributed by atoms with Crippen molar-refractivity contribution in [3.8, 4) is 5.69 Å². The van der Waals surface area contributed by atoms with Crippen LogP contribution in [-0.4, -0.2) is 15.4 Å². The number of halogens is 3. The van der Waals surface area contributed by atoms with E-state index in [9.17, 15) is 4.79 Å². The zero-order valence-corrected chi connectivity index (χ0v) is 11.5. The van der Waals surface area contributed by atoms with Gasteiger partial charge in [0.1, 0.15) is 11.5 Å². The van der Waals surface area contributed by atoms with E-state index >= 15 is 0 Å². The minimum absolute atomic E-state index is 0.200. The van der Waals surface area contributed by atoms with Gasteiger partial charge in [0.15, 0.2) is 0 Å². The minimum atomic E-state index is -0.210. The van der Waals surface area contributed by atoms with E-state index in [0.29, 0.717) is 28.6 Å². The van der Waals surface area contributed by atoms with Crippen LogP contribution >= 0.6 is 34.8 Å². The van der Waals surface area contributed by atoms with Crippen molar-refractivity contribution in [2.75, 3.05) is 5.88 Å². The molecule has 0 amide bonds. The first-order valence-electron chi connectivity index (χ1n) is 5.21. The Bertz CT molecular complexity index is 608. The summed E-state index contributed by atoms with van der Waals surface area (Å²) in [5.41, 5.74) is 0.895. The van der Waals surface area contributed by atoms with E-state index in [2.05, 4.69) is 4.98 Å². The Morgan fingerprint density at radius 1 is 1.17 bits per heavy atom. The third-order valence-corrected chi connectivity index (χ3v) is 3.23. The summed E-state index contributed by atoms with van der Waals surface area (Å²) in [4.78, 5) is 16.2. The van der Waals surface area contributed by atoms with Gasteiger partial charge in [0, 0.05) is 10.9 Å². The van der Waals surface area contributed by atoms with Crippen molar-refractivity contribution in [2.24, 2.45) is 0 Å². The molecule has 0 fully saturated rings. The number of benzene rings is 1. The van der Waals surface area contributed by atoms with E-state index in [1.165, 1.54) is 10.9 Å². The van der Waals surface area contributed by atoms with Gasteiger partial charge in [-0.1, -0.05) is 23.2 Å². The number of alkyl halides is 1. The van der Waals surface area contributed by atoms with E-state index in [-0.39, 0.29) is 10.7 Å². The second-order valence-electron chi connectivity index (χ2n) is 3.60. The summed E-state index contributed by atoms with van der Waals surface area (Å²) < 4.78 is 1.42. The summed E-state index contributed by atoms with van der Waals surface area (Å²) >= 11 is 17.3. The van der Waals surface area contributed by atoms with Gasteiger partial charge < -0.3 is 0 Å². The lowest BCUT2D eigenvalue weighted by atomic mass is 10.2. The van der Waals surface area contributed by atoms with Crippen LogP contribution in [0.3, 0.4) is 0 Å². The van der Waals surface area contributed by atoms with Crippen LogP contribution in [0.2, 0.25) is 10.2 Å². The first-order valence-corrected chi connectivity index (χ1v) is 6.50. The number of aromatic nitrogens is 2. The second kappa shape index (κ2) is 5.74. The standard InChI is InChI=1S/C12H9Cl3N2O/c13-6-5-10-11(15)16-7-17(12(10)18)9-3-1-8(14)2-4-9/h1-4,7H,5-6H2. The van der Waals surface area contributed by atoms with Gasteiger partial charge in [0.05, 0.1) is 11.3 Å². The van der Waals surface area contributed by atoms with Crippen molar-refractivity contribution in [2.45, 2.75) is 6.42 Å². The minimum Gasteiger partial charge on any atom is -0.269 e. The van der Waals surface area contributed by atoms with Crippen LogP contribution in [0.1, 0.15) is 5.56 Å². The lowest BCUT2D eigenvalue weighted by molar-refractivity contribution is 0.892. The molecular formula is C12H9Cl3N2O. The van der Waals surface area contributed by atoms with Crippen molar-refractivity contribution in [1.82, 2.24) is 9.55 Å². The maximum Gasteiger partial charge on any atom is 0.262 e. The molecule has 1 heterocycles. The maximum absolute atomic E-state index is 12.2. The Labute approximate surface area is 119 Å². The van der Waals surface area contributed by atoms with Gasteiger partial charge in [-0.15, -0.1) is 11.6 Å². The van der Waals surface area contributed by atoms with E-state index in [0.717, 1.165) is 0 Å². The van der Waals surface area contributed by atoms with Gasteiger partial charge in [0.2, 0.25) is 0 Å². The van der Waals surface area contributed by atoms with Crippen molar-refractivity contribution in [3.05, 3.63) is 56.7 Å². The van der Waals surface area contributed by atoms with Crippen LogP contribution in [0.4, 0.5) is 0 Å². The molecule has 3 nitrogen and oxygen atoms in total. The monoisotopic (exact) mass is 302 g/mol. The molecule has 0 aliphatic heterocycles. The molecule has 0 unspecified atom stereocenters. The molecule has 0 atom stereocenters. The van der Waals surface area contributed by atoms with E-state index in [1.54, 1.807) is 24.3 Å². The molecule has 0 radical (unpaired) electrons. The average molecular weight is 304 g/mol. The Hall–Kier alpha value is -1.03. The number of nitrogens with zero attached hydrogens (tertiary/aromatic N) is 2. The van der Waals surface area contributed by atoms with Crippen LogP contribution in [-0.2, 0) is 6.42 Å². The number of hydrogen-bond donors (Lipinski definition) is 0. The Morgan fingerprint density at radius 3 is 2.44 bits per heavy atom. The molecule has 94 valence electrons. The molecule has 0 saturated heterocycles. The zero-order chi connectivity index (χ0) is 13.1. The highest BCUT2D eigenvalue weighted by Crippen LogP contribution is 2.14. The van der Waals surface area contributed by atoms with Gasteiger partial charge in [-0.2, -0.15) is 0 Å². The van der Waals surface area contributed by atoms with E-state index in [4.69, 9.17) is 34.8 Å². The lowest BCUT2D eigenvalue weighted by Crippen LogP contribution is -2.23. The van der Waals surface area contributed by atoms with Crippen molar-refractivity contribution >= 4 is 34.8 Å². The van der Waals surface area contributed by atoms with Crippen LogP contribution in [0, 0.1) is 0 Å². The van der Waals surface area contributed by atoms with Gasteiger partial charge in [0.25, 0.3) is 5.56 Å². The fourth-order valence-electron chi connectivity index (χ4n) is 1.56. The van der Waals surface area contributed by atoms with E-state index < -0.39 is 0 Å². The molecule has 18 heavy (non-hydrogen) atoms. The third-order valence-electron chi connectivity index (χ3n) is 2.46. The topological polar surface area (TPSA) is 34.9 Å². The third kappa shape index (κ3) is 2.69. The molecule has 0 spiro atoms. The predicted octanol–water partition coefficient (Wildman–Crippen LogP) is 3.32. The highest BCUT2D eigenvalue weighted by molar-refractivity contribution is 6.30. The molecule has 0 bridgehead atoms. The number of hydrogen-bond acceptors (Lipinski definition) is 2. The Balaban J connectivity index is 2.55. The smallest absolute Gasteiger partial charge is 0.262 e. The molecule has 1 aromatic carbocycles. The predicted molar refractivity (Wildman–Crippen MR) is 74.3 cm³/mol. The van der Waals surface area contributed by atoms with Crippen LogP contribution in [0.5, 0.6) is 0 Å². The highest BCUT2D eigenvalue weighted by Gasteiger charge is 2.10. The fourth-order valence-corrected chi connectivity index (χ4v) is 2.10. The van der Waals surface area contributed by atoms with Crippen LogP contribution in [0.25, 0.3) is 5.69 Å². The molecular weight excluding hydrogens is 295 g/mol. The van der Waals surface area contributed by atoms with Crippen LogP contribution in [0.15, 0.2) is 35.4 Å². The zero-order valence-electron chi connectivity index (χ0n) is 9.24. The molecule has 0 aliphatic rings. The second-order valence-corrected chi connectivity index (χ2v) is 4.78. The van der Waals surface area contributed by atoms with E-state index in [1.807, 2.05) is 0 Å². The van der Waals surface area contributed by atoms with Crippen LogP contribution < -0.4 is 5.56 Å². The van der Waals surface area contributed by atoms with Crippen molar-refractivity contribution < 1.29 is 0 Å². The average Bonchev–Trinajstić information content (AvgIpc) is 2.36. The summed E-state index contributed by atoms with van der Waals surface area (Å²) in [5.74, 6) is 0.321. The molecule has 2 rings (SSSR count). The molecule has 0 aliphatic carbocycles. The largest absolute Gasteiger partial charge is 0.269 e. The molecule has 0 N–H and O–H groups in total. The summed E-state index contributed by atoms with van der Waals surface area (Å²) in [6.07, 6.45) is 1.78. The molecule has 0 saturated carbocycles. The fraction of sp³-hybridized carbons (Fsp3) is 0.167. The first-order chi connectivity index (χ1) is 8.63. The highest BCUT2D eigenvalue weighted by atomic mass is 35.5. The van der Waals surface area contributed by atoms with Gasteiger partial charge in [-0.05, 0) is 30.7 Å². The quantitative estimate of drug-likeness (QED) is 0.644. The van der Waals surface area contributed by atoms with Gasteiger partial charge in [-0.3, -0.25) is 9.36 Å².